The van der Waals surface area contributed by atoms with E-state index in [1.165, 1.54) is 0 Å². The van der Waals surface area contributed by atoms with E-state index >= 15 is 0 Å². The molecule has 0 aliphatic rings. The van der Waals surface area contributed by atoms with Crippen molar-refractivity contribution in [2.75, 3.05) is 19.5 Å². The summed E-state index contributed by atoms with van der Waals surface area (Å²) in [6, 6.07) is 7.50. The van der Waals surface area contributed by atoms with E-state index in [4.69, 9.17) is 10.5 Å². The van der Waals surface area contributed by atoms with Gasteiger partial charge in [0.25, 0.3) is 0 Å². The first-order chi connectivity index (χ1) is 6.22. The van der Waals surface area contributed by atoms with Gasteiger partial charge in [0.2, 0.25) is 0 Å². The Labute approximate surface area is 78.1 Å². The summed E-state index contributed by atoms with van der Waals surface area (Å²) in [5, 5.41) is 9.43. The van der Waals surface area contributed by atoms with Crippen LogP contribution in [0.5, 0.6) is 0 Å². The van der Waals surface area contributed by atoms with Crippen molar-refractivity contribution in [2.45, 2.75) is 12.5 Å². The number of benzene rings is 1. The zero-order valence-electron chi connectivity index (χ0n) is 7.73. The first-order valence-electron chi connectivity index (χ1n) is 4.24. The number of nitrogen functional groups attached to an aromatic ring is 1. The quantitative estimate of drug-likeness (QED) is 0.676. The van der Waals surface area contributed by atoms with Crippen molar-refractivity contribution in [1.82, 2.24) is 0 Å². The fraction of sp³-hybridized carbons (Fsp3) is 0.400. The van der Waals surface area contributed by atoms with Crippen molar-refractivity contribution in [3.05, 3.63) is 29.8 Å². The highest BCUT2D eigenvalue weighted by Gasteiger charge is 2.04. The molecule has 13 heavy (non-hydrogen) atoms. The van der Waals surface area contributed by atoms with Crippen LogP contribution < -0.4 is 5.73 Å². The molecule has 1 aromatic carbocycles. The number of hydrogen-bond acceptors (Lipinski definition) is 3. The monoisotopic (exact) mass is 181 g/mol. The Balaban J connectivity index is 2.53. The molecule has 0 radical (unpaired) electrons. The number of aliphatic hydroxyl groups is 1. The van der Waals surface area contributed by atoms with Crippen molar-refractivity contribution in [3.63, 3.8) is 0 Å². The van der Waals surface area contributed by atoms with E-state index in [1.807, 2.05) is 24.3 Å². The zero-order chi connectivity index (χ0) is 9.68. The third kappa shape index (κ3) is 3.44. The van der Waals surface area contributed by atoms with Crippen molar-refractivity contribution < 1.29 is 9.84 Å². The van der Waals surface area contributed by atoms with Crippen LogP contribution in [0.1, 0.15) is 5.56 Å². The first kappa shape index (κ1) is 10.0. The molecule has 0 aliphatic carbocycles. The molecule has 1 aromatic rings. The molecule has 0 fully saturated rings. The lowest BCUT2D eigenvalue weighted by Gasteiger charge is -2.09. The second-order valence-electron chi connectivity index (χ2n) is 3.06. The van der Waals surface area contributed by atoms with Gasteiger partial charge in [-0.05, 0) is 17.7 Å². The minimum atomic E-state index is -0.452. The summed E-state index contributed by atoms with van der Waals surface area (Å²) in [6.45, 7) is 0.356. The van der Waals surface area contributed by atoms with Crippen LogP contribution in [-0.4, -0.2) is 24.9 Å². The van der Waals surface area contributed by atoms with Crippen molar-refractivity contribution in [2.24, 2.45) is 0 Å². The maximum atomic E-state index is 9.43. The number of nitrogens with two attached hydrogens (primary N) is 1. The normalized spacial score (nSPS) is 12.8. The number of anilines is 1. The Kier molecular flexibility index (Phi) is 3.73. The SMILES string of the molecule is COC[C@@H](O)Cc1cccc(N)c1. The van der Waals surface area contributed by atoms with Gasteiger partial charge in [-0.1, -0.05) is 12.1 Å². The lowest BCUT2D eigenvalue weighted by atomic mass is 10.1. The third-order valence-corrected chi connectivity index (χ3v) is 1.78. The predicted molar refractivity (Wildman–Crippen MR) is 52.4 cm³/mol. The standard InChI is InChI=1S/C10H15NO2/c1-13-7-10(12)6-8-3-2-4-9(11)5-8/h2-5,10,12H,6-7,11H2,1H3/t10-/m0/s1. The summed E-state index contributed by atoms with van der Waals surface area (Å²) in [5.41, 5.74) is 7.35. The van der Waals surface area contributed by atoms with Crippen LogP contribution in [0.15, 0.2) is 24.3 Å². The number of methoxy groups -OCH3 is 1. The summed E-state index contributed by atoms with van der Waals surface area (Å²) >= 11 is 0. The molecule has 0 saturated carbocycles. The summed E-state index contributed by atoms with van der Waals surface area (Å²) in [7, 11) is 1.57. The van der Waals surface area contributed by atoms with Gasteiger partial charge in [-0.3, -0.25) is 0 Å². The molecule has 0 spiro atoms. The highest BCUT2D eigenvalue weighted by molar-refractivity contribution is 5.40. The van der Waals surface area contributed by atoms with Crippen molar-refractivity contribution >= 4 is 5.69 Å². The maximum Gasteiger partial charge on any atom is 0.0813 e. The Morgan fingerprint density at radius 2 is 2.31 bits per heavy atom. The van der Waals surface area contributed by atoms with Gasteiger partial charge < -0.3 is 15.6 Å². The summed E-state index contributed by atoms with van der Waals surface area (Å²) < 4.78 is 4.82. The molecule has 3 heteroatoms. The van der Waals surface area contributed by atoms with Crippen molar-refractivity contribution in [1.29, 1.82) is 0 Å². The van der Waals surface area contributed by atoms with Crippen molar-refractivity contribution in [3.8, 4) is 0 Å². The van der Waals surface area contributed by atoms with Gasteiger partial charge in [-0.2, -0.15) is 0 Å². The Morgan fingerprint density at radius 1 is 1.54 bits per heavy atom. The van der Waals surface area contributed by atoms with Crippen LogP contribution in [-0.2, 0) is 11.2 Å². The van der Waals surface area contributed by atoms with E-state index in [9.17, 15) is 5.11 Å². The number of hydrogen-bond donors (Lipinski definition) is 2. The summed E-state index contributed by atoms with van der Waals surface area (Å²) in [5.74, 6) is 0. The van der Waals surface area contributed by atoms with Gasteiger partial charge >= 0.3 is 0 Å². The molecule has 1 rings (SSSR count). The fourth-order valence-corrected chi connectivity index (χ4v) is 1.24. The Bertz CT molecular complexity index is 263. The highest BCUT2D eigenvalue weighted by Crippen LogP contribution is 2.08. The molecule has 1 atom stereocenters. The lowest BCUT2D eigenvalue weighted by Crippen LogP contribution is -2.16. The van der Waals surface area contributed by atoms with E-state index in [1.54, 1.807) is 7.11 Å². The molecule has 0 heterocycles. The minimum absolute atomic E-state index is 0.356. The Morgan fingerprint density at radius 3 is 2.92 bits per heavy atom. The van der Waals surface area contributed by atoms with Gasteiger partial charge in [-0.15, -0.1) is 0 Å². The summed E-state index contributed by atoms with van der Waals surface area (Å²) in [4.78, 5) is 0. The van der Waals surface area contributed by atoms with E-state index in [2.05, 4.69) is 0 Å². The average Bonchev–Trinajstić information content (AvgIpc) is 2.04. The average molecular weight is 181 g/mol. The molecular weight excluding hydrogens is 166 g/mol. The Hall–Kier alpha value is -1.06. The van der Waals surface area contributed by atoms with E-state index < -0.39 is 6.10 Å². The lowest BCUT2D eigenvalue weighted by molar-refractivity contribution is 0.0650. The van der Waals surface area contributed by atoms with Gasteiger partial charge in [0.1, 0.15) is 0 Å². The van der Waals surface area contributed by atoms with E-state index in [0.29, 0.717) is 13.0 Å². The topological polar surface area (TPSA) is 55.5 Å². The number of rotatable bonds is 4. The molecule has 3 N–H and O–H groups in total. The van der Waals surface area contributed by atoms with Crippen LogP contribution in [0.4, 0.5) is 5.69 Å². The summed E-state index contributed by atoms with van der Waals surface area (Å²) in [6.07, 6.45) is 0.130. The van der Waals surface area contributed by atoms with Gasteiger partial charge in [0.15, 0.2) is 0 Å². The predicted octanol–water partition coefficient (Wildman–Crippen LogP) is 0.819. The van der Waals surface area contributed by atoms with Gasteiger partial charge in [0, 0.05) is 19.2 Å². The minimum Gasteiger partial charge on any atom is -0.399 e. The molecule has 0 amide bonds. The second-order valence-corrected chi connectivity index (χ2v) is 3.06. The molecular formula is C10H15NO2. The second kappa shape index (κ2) is 4.84. The largest absolute Gasteiger partial charge is 0.399 e. The van der Waals surface area contributed by atoms with Gasteiger partial charge in [0.05, 0.1) is 12.7 Å². The molecule has 0 saturated heterocycles. The van der Waals surface area contributed by atoms with Crippen LogP contribution in [0.25, 0.3) is 0 Å². The zero-order valence-corrected chi connectivity index (χ0v) is 7.73. The third-order valence-electron chi connectivity index (χ3n) is 1.78. The maximum absolute atomic E-state index is 9.43. The fourth-order valence-electron chi connectivity index (χ4n) is 1.24. The number of ether oxygens (including phenoxy) is 1. The van der Waals surface area contributed by atoms with Crippen LogP contribution in [0.2, 0.25) is 0 Å². The smallest absolute Gasteiger partial charge is 0.0813 e. The molecule has 72 valence electrons. The molecule has 0 aromatic heterocycles. The first-order valence-corrected chi connectivity index (χ1v) is 4.24. The highest BCUT2D eigenvalue weighted by atomic mass is 16.5. The molecule has 0 aliphatic heterocycles. The van der Waals surface area contributed by atoms with Crippen LogP contribution in [0, 0.1) is 0 Å². The molecule has 0 bridgehead atoms. The van der Waals surface area contributed by atoms with Crippen LogP contribution >= 0.6 is 0 Å². The molecule has 3 nitrogen and oxygen atoms in total. The van der Waals surface area contributed by atoms with Crippen LogP contribution in [0.3, 0.4) is 0 Å². The van der Waals surface area contributed by atoms with E-state index in [0.717, 1.165) is 11.3 Å². The molecule has 0 unspecified atom stereocenters. The van der Waals surface area contributed by atoms with Gasteiger partial charge in [-0.25, -0.2) is 0 Å². The number of aliphatic hydroxyl groups excluding tert-OH is 1. The van der Waals surface area contributed by atoms with E-state index in [-0.39, 0.29) is 0 Å².